The summed E-state index contributed by atoms with van der Waals surface area (Å²) in [6.45, 7) is 8.03. The van der Waals surface area contributed by atoms with Crippen LogP contribution in [0.2, 0.25) is 0 Å². The summed E-state index contributed by atoms with van der Waals surface area (Å²) >= 11 is 0. The second-order valence-electron chi connectivity index (χ2n) is 5.33. The van der Waals surface area contributed by atoms with Crippen LogP contribution in [0.15, 0.2) is 35.9 Å². The van der Waals surface area contributed by atoms with Crippen LogP contribution in [0.1, 0.15) is 39.2 Å². The van der Waals surface area contributed by atoms with Crippen LogP contribution in [0.3, 0.4) is 0 Å². The Balaban J connectivity index is 2.20. The number of allylic oxidation sites excluding steroid dienone is 2. The Hall–Kier alpha value is -1.28. The lowest BCUT2D eigenvalue weighted by atomic mass is 10.1. The Morgan fingerprint density at radius 3 is 2.47 bits per heavy atom. The summed E-state index contributed by atoms with van der Waals surface area (Å²) < 4.78 is 10.9. The summed E-state index contributed by atoms with van der Waals surface area (Å²) in [5, 5.41) is 0. The number of hydrogen-bond donors (Lipinski definition) is 0. The van der Waals surface area contributed by atoms with Gasteiger partial charge in [-0.2, -0.15) is 0 Å². The maximum absolute atomic E-state index is 5.75. The third-order valence-electron chi connectivity index (χ3n) is 3.04. The summed E-state index contributed by atoms with van der Waals surface area (Å²) in [6.07, 6.45) is 4.63. The zero-order valence-corrected chi connectivity index (χ0v) is 12.6. The lowest BCUT2D eigenvalue weighted by Gasteiger charge is -2.11. The molecule has 0 amide bonds. The van der Waals surface area contributed by atoms with Crippen molar-refractivity contribution in [3.05, 3.63) is 41.5 Å². The zero-order chi connectivity index (χ0) is 14.1. The van der Waals surface area contributed by atoms with Crippen LogP contribution in [0.5, 0.6) is 5.75 Å². The highest BCUT2D eigenvalue weighted by Crippen LogP contribution is 2.13. The van der Waals surface area contributed by atoms with Crippen molar-refractivity contribution < 1.29 is 9.47 Å². The van der Waals surface area contributed by atoms with Crippen molar-refractivity contribution in [3.63, 3.8) is 0 Å². The van der Waals surface area contributed by atoms with E-state index >= 15 is 0 Å². The van der Waals surface area contributed by atoms with Crippen LogP contribution >= 0.6 is 0 Å². The van der Waals surface area contributed by atoms with E-state index in [0.29, 0.717) is 12.5 Å². The van der Waals surface area contributed by atoms with Crippen molar-refractivity contribution >= 4 is 0 Å². The molecule has 2 heteroatoms. The molecule has 0 saturated carbocycles. The van der Waals surface area contributed by atoms with Gasteiger partial charge in [-0.15, -0.1) is 0 Å². The van der Waals surface area contributed by atoms with Gasteiger partial charge < -0.3 is 9.47 Å². The van der Waals surface area contributed by atoms with Crippen molar-refractivity contribution in [1.29, 1.82) is 0 Å². The molecule has 1 unspecified atom stereocenters. The molecule has 0 heterocycles. The quantitative estimate of drug-likeness (QED) is 0.638. The monoisotopic (exact) mass is 262 g/mol. The highest BCUT2D eigenvalue weighted by Gasteiger charge is 2.02. The molecule has 0 N–H and O–H groups in total. The Kier molecular flexibility index (Phi) is 7.27. The van der Waals surface area contributed by atoms with E-state index in [9.17, 15) is 0 Å². The van der Waals surface area contributed by atoms with E-state index < -0.39 is 0 Å². The number of rotatable bonds is 8. The van der Waals surface area contributed by atoms with Gasteiger partial charge in [-0.1, -0.05) is 30.7 Å². The fourth-order valence-corrected chi connectivity index (χ4v) is 1.84. The average Bonchev–Trinajstić information content (AvgIpc) is 2.39. The Labute approximate surface area is 117 Å². The third kappa shape index (κ3) is 7.02. The molecule has 19 heavy (non-hydrogen) atoms. The van der Waals surface area contributed by atoms with Gasteiger partial charge in [0.1, 0.15) is 5.75 Å². The molecule has 0 aliphatic heterocycles. The molecule has 0 aliphatic carbocycles. The van der Waals surface area contributed by atoms with E-state index in [1.807, 2.05) is 24.3 Å². The minimum Gasteiger partial charge on any atom is -0.497 e. The van der Waals surface area contributed by atoms with Gasteiger partial charge in [0.25, 0.3) is 0 Å². The lowest BCUT2D eigenvalue weighted by Crippen LogP contribution is -2.05. The minimum absolute atomic E-state index is 0.605. The van der Waals surface area contributed by atoms with Gasteiger partial charge in [0.2, 0.25) is 0 Å². The highest BCUT2D eigenvalue weighted by atomic mass is 16.5. The summed E-state index contributed by atoms with van der Waals surface area (Å²) in [4.78, 5) is 0. The van der Waals surface area contributed by atoms with Gasteiger partial charge in [0.05, 0.1) is 13.7 Å². The van der Waals surface area contributed by atoms with Crippen LogP contribution in [0.25, 0.3) is 0 Å². The minimum atomic E-state index is 0.605. The smallest absolute Gasteiger partial charge is 0.118 e. The average molecular weight is 262 g/mol. The van der Waals surface area contributed by atoms with Gasteiger partial charge in [0.15, 0.2) is 0 Å². The fraction of sp³-hybridized carbons (Fsp3) is 0.529. The highest BCUT2D eigenvalue weighted by molar-refractivity contribution is 5.26. The molecule has 0 fully saturated rings. The van der Waals surface area contributed by atoms with Crippen LogP contribution in [0.4, 0.5) is 0 Å². The predicted molar refractivity (Wildman–Crippen MR) is 80.5 cm³/mol. The SMILES string of the molecule is COc1ccc(COCC(C)CCC=C(C)C)cc1. The molecule has 1 rings (SSSR count). The first-order valence-corrected chi connectivity index (χ1v) is 6.96. The topological polar surface area (TPSA) is 18.5 Å². The molecule has 0 spiro atoms. The second-order valence-corrected chi connectivity index (χ2v) is 5.33. The summed E-state index contributed by atoms with van der Waals surface area (Å²) in [7, 11) is 1.68. The van der Waals surface area contributed by atoms with Gasteiger partial charge in [-0.3, -0.25) is 0 Å². The zero-order valence-electron chi connectivity index (χ0n) is 12.6. The van der Waals surface area contributed by atoms with Gasteiger partial charge >= 0.3 is 0 Å². The van der Waals surface area contributed by atoms with Gasteiger partial charge in [0, 0.05) is 6.61 Å². The fourth-order valence-electron chi connectivity index (χ4n) is 1.84. The Bertz CT molecular complexity index is 375. The van der Waals surface area contributed by atoms with Crippen LogP contribution < -0.4 is 4.74 Å². The molecule has 2 nitrogen and oxygen atoms in total. The molecule has 1 aromatic rings. The number of hydrogen-bond acceptors (Lipinski definition) is 2. The van der Waals surface area contributed by atoms with E-state index in [-0.39, 0.29) is 0 Å². The Morgan fingerprint density at radius 1 is 1.21 bits per heavy atom. The standard InChI is InChI=1S/C17H26O2/c1-14(2)6-5-7-15(3)12-19-13-16-8-10-17(18-4)11-9-16/h6,8-11,15H,5,7,12-13H2,1-4H3. The molecule has 0 bridgehead atoms. The maximum Gasteiger partial charge on any atom is 0.118 e. The van der Waals surface area contributed by atoms with E-state index in [1.54, 1.807) is 7.11 Å². The van der Waals surface area contributed by atoms with Crippen LogP contribution in [-0.2, 0) is 11.3 Å². The van der Waals surface area contributed by atoms with Crippen molar-refractivity contribution in [2.45, 2.75) is 40.2 Å². The molecule has 0 aromatic heterocycles. The molecule has 0 aliphatic rings. The van der Waals surface area contributed by atoms with E-state index in [2.05, 4.69) is 26.8 Å². The molecular weight excluding hydrogens is 236 g/mol. The van der Waals surface area contributed by atoms with Crippen molar-refractivity contribution in [3.8, 4) is 5.75 Å². The third-order valence-corrected chi connectivity index (χ3v) is 3.04. The molecule has 106 valence electrons. The first-order valence-electron chi connectivity index (χ1n) is 6.96. The van der Waals surface area contributed by atoms with Crippen LogP contribution in [-0.4, -0.2) is 13.7 Å². The predicted octanol–water partition coefficient (Wildman–Crippen LogP) is 4.59. The molecular formula is C17H26O2. The first kappa shape index (κ1) is 15.8. The largest absolute Gasteiger partial charge is 0.497 e. The maximum atomic E-state index is 5.75. The van der Waals surface area contributed by atoms with Crippen molar-refractivity contribution in [2.75, 3.05) is 13.7 Å². The summed E-state index contributed by atoms with van der Waals surface area (Å²) in [5.74, 6) is 1.49. The van der Waals surface area contributed by atoms with E-state index in [4.69, 9.17) is 9.47 Å². The number of benzene rings is 1. The molecule has 1 atom stereocenters. The second kappa shape index (κ2) is 8.76. The first-order chi connectivity index (χ1) is 9.11. The normalized spacial score (nSPS) is 12.0. The summed E-state index contributed by atoms with van der Waals surface area (Å²) in [6, 6.07) is 8.03. The number of ether oxygens (including phenoxy) is 2. The summed E-state index contributed by atoms with van der Waals surface area (Å²) in [5.41, 5.74) is 2.59. The van der Waals surface area contributed by atoms with Crippen LogP contribution in [0, 0.1) is 5.92 Å². The van der Waals surface area contributed by atoms with Crippen molar-refractivity contribution in [1.82, 2.24) is 0 Å². The number of methoxy groups -OCH3 is 1. The van der Waals surface area contributed by atoms with Crippen molar-refractivity contribution in [2.24, 2.45) is 5.92 Å². The molecule has 1 aromatic carbocycles. The van der Waals surface area contributed by atoms with E-state index in [1.165, 1.54) is 17.6 Å². The Morgan fingerprint density at radius 2 is 1.89 bits per heavy atom. The lowest BCUT2D eigenvalue weighted by molar-refractivity contribution is 0.0898. The van der Waals surface area contributed by atoms with E-state index in [0.717, 1.165) is 18.8 Å². The molecule has 0 saturated heterocycles. The van der Waals surface area contributed by atoms with Gasteiger partial charge in [-0.05, 0) is 50.3 Å². The molecule has 0 radical (unpaired) electrons. The van der Waals surface area contributed by atoms with Gasteiger partial charge in [-0.25, -0.2) is 0 Å².